The molecule has 2 aliphatic rings. The van der Waals surface area contributed by atoms with E-state index in [-0.39, 0.29) is 23.4 Å². The van der Waals surface area contributed by atoms with Crippen LogP contribution in [0.3, 0.4) is 0 Å². The van der Waals surface area contributed by atoms with E-state index in [1.54, 1.807) is 31.6 Å². The lowest BCUT2D eigenvalue weighted by atomic mass is 10.2. The molecule has 0 aromatic carbocycles. The molecule has 1 saturated heterocycles. The minimum atomic E-state index is -3.13. The molecule has 1 aliphatic carbocycles. The van der Waals surface area contributed by atoms with Crippen LogP contribution >= 0.6 is 0 Å². The van der Waals surface area contributed by atoms with Gasteiger partial charge in [-0.25, -0.2) is 17.7 Å². The summed E-state index contributed by atoms with van der Waals surface area (Å²) >= 11 is 0. The van der Waals surface area contributed by atoms with E-state index in [0.29, 0.717) is 24.7 Å². The van der Waals surface area contributed by atoms with Crippen molar-refractivity contribution in [3.05, 3.63) is 40.9 Å². The molecule has 1 aliphatic heterocycles. The molecule has 9 heteroatoms. The molecule has 25 heavy (non-hydrogen) atoms. The van der Waals surface area contributed by atoms with Gasteiger partial charge in [0, 0.05) is 50.2 Å². The van der Waals surface area contributed by atoms with Gasteiger partial charge in [-0.3, -0.25) is 14.3 Å². The maximum atomic E-state index is 12.2. The molecule has 4 rings (SSSR count). The number of nitrogens with zero attached hydrogens (tertiary/aromatic N) is 4. The summed E-state index contributed by atoms with van der Waals surface area (Å²) in [6.07, 6.45) is 4.56. The maximum Gasteiger partial charge on any atom is 0.255 e. The largest absolute Gasteiger partial charge is 0.352 e. The van der Waals surface area contributed by atoms with Crippen molar-refractivity contribution in [2.75, 3.05) is 24.7 Å². The van der Waals surface area contributed by atoms with Gasteiger partial charge in [0.1, 0.15) is 0 Å². The fourth-order valence-corrected chi connectivity index (χ4v) is 4.35. The predicted octanol–water partition coefficient (Wildman–Crippen LogP) is 0.144. The monoisotopic (exact) mass is 361 g/mol. The highest BCUT2D eigenvalue weighted by Crippen LogP contribution is 2.47. The van der Waals surface area contributed by atoms with Crippen molar-refractivity contribution < 1.29 is 8.42 Å². The molecule has 0 spiro atoms. The lowest BCUT2D eigenvalue weighted by Gasteiger charge is -2.18. The lowest BCUT2D eigenvalue weighted by molar-refractivity contribution is 0.440. The van der Waals surface area contributed by atoms with Gasteiger partial charge in [-0.15, -0.1) is 0 Å². The zero-order valence-corrected chi connectivity index (χ0v) is 14.8. The van der Waals surface area contributed by atoms with E-state index in [9.17, 15) is 13.2 Å². The average Bonchev–Trinajstić information content (AvgIpc) is 3.01. The normalized spacial score (nSPS) is 25.6. The molecule has 1 N–H and O–H groups in total. The molecule has 8 nitrogen and oxygen atoms in total. The molecular formula is C16H19N5O3S. The maximum absolute atomic E-state index is 12.2. The third kappa shape index (κ3) is 2.93. The third-order valence-electron chi connectivity index (χ3n) is 5.04. The van der Waals surface area contributed by atoms with E-state index >= 15 is 0 Å². The lowest BCUT2D eigenvalue weighted by Crippen LogP contribution is -2.33. The van der Waals surface area contributed by atoms with Crippen molar-refractivity contribution in [2.45, 2.75) is 6.04 Å². The average molecular weight is 361 g/mol. The van der Waals surface area contributed by atoms with Crippen LogP contribution in [0.5, 0.6) is 0 Å². The van der Waals surface area contributed by atoms with Crippen LogP contribution in [0, 0.1) is 11.8 Å². The van der Waals surface area contributed by atoms with Gasteiger partial charge < -0.3 is 5.32 Å². The number of pyridine rings is 1. The third-order valence-corrected chi connectivity index (χ3v) is 6.27. The Bertz CT molecular complexity index is 961. The van der Waals surface area contributed by atoms with Crippen LogP contribution < -0.4 is 10.9 Å². The van der Waals surface area contributed by atoms with E-state index in [2.05, 4.69) is 15.3 Å². The van der Waals surface area contributed by atoms with Crippen LogP contribution in [0.15, 0.2) is 35.4 Å². The minimum Gasteiger partial charge on any atom is -0.352 e. The van der Waals surface area contributed by atoms with Crippen LogP contribution in [-0.4, -0.2) is 52.6 Å². The number of sulfonamides is 1. The molecule has 132 valence electrons. The fourth-order valence-electron chi connectivity index (χ4n) is 3.46. The van der Waals surface area contributed by atoms with E-state index < -0.39 is 10.0 Å². The van der Waals surface area contributed by atoms with Gasteiger partial charge in [-0.2, -0.15) is 0 Å². The Morgan fingerprint density at radius 1 is 1.20 bits per heavy atom. The van der Waals surface area contributed by atoms with Crippen molar-refractivity contribution >= 4 is 16.0 Å². The first-order valence-electron chi connectivity index (χ1n) is 8.05. The van der Waals surface area contributed by atoms with E-state index in [1.807, 2.05) is 0 Å². The van der Waals surface area contributed by atoms with Crippen LogP contribution in [-0.2, 0) is 17.1 Å². The molecule has 0 radical (unpaired) electrons. The molecular weight excluding hydrogens is 342 g/mol. The van der Waals surface area contributed by atoms with Crippen LogP contribution in [0.25, 0.3) is 11.3 Å². The highest BCUT2D eigenvalue weighted by atomic mass is 32.2. The number of hydrogen-bond donors (Lipinski definition) is 1. The Morgan fingerprint density at radius 3 is 2.44 bits per heavy atom. The number of nitrogens with one attached hydrogen (secondary N) is 1. The molecule has 1 saturated carbocycles. The van der Waals surface area contributed by atoms with Gasteiger partial charge >= 0.3 is 0 Å². The predicted molar refractivity (Wildman–Crippen MR) is 93.5 cm³/mol. The zero-order valence-electron chi connectivity index (χ0n) is 14.0. The molecule has 2 aromatic heterocycles. The highest BCUT2D eigenvalue weighted by molar-refractivity contribution is 7.88. The first-order valence-corrected chi connectivity index (χ1v) is 9.89. The van der Waals surface area contributed by atoms with E-state index in [0.717, 1.165) is 5.56 Å². The van der Waals surface area contributed by atoms with Gasteiger partial charge in [0.2, 0.25) is 16.0 Å². The van der Waals surface area contributed by atoms with Gasteiger partial charge in [0.15, 0.2) is 0 Å². The number of hydrogen-bond acceptors (Lipinski definition) is 6. The highest BCUT2D eigenvalue weighted by Gasteiger charge is 2.57. The Labute approximate surface area is 145 Å². The fraction of sp³-hybridized carbons (Fsp3) is 0.438. The van der Waals surface area contributed by atoms with Gasteiger partial charge in [0.05, 0.1) is 11.9 Å². The summed E-state index contributed by atoms with van der Waals surface area (Å²) < 4.78 is 26.2. The van der Waals surface area contributed by atoms with Gasteiger partial charge in [-0.05, 0) is 24.0 Å². The number of fused-ring (bicyclic) bond motifs is 1. The molecule has 0 amide bonds. The Morgan fingerprint density at radius 2 is 1.84 bits per heavy atom. The molecule has 0 bridgehead atoms. The summed E-state index contributed by atoms with van der Waals surface area (Å²) in [4.78, 5) is 20.8. The van der Waals surface area contributed by atoms with Crippen LogP contribution in [0.1, 0.15) is 0 Å². The van der Waals surface area contributed by atoms with Gasteiger partial charge in [-0.1, -0.05) is 0 Å². The van der Waals surface area contributed by atoms with Crippen molar-refractivity contribution in [1.82, 2.24) is 18.8 Å². The molecule has 2 aromatic rings. The minimum absolute atomic E-state index is 0.145. The van der Waals surface area contributed by atoms with Crippen molar-refractivity contribution in [1.29, 1.82) is 0 Å². The first kappa shape index (κ1) is 16.2. The van der Waals surface area contributed by atoms with Crippen LogP contribution in [0.2, 0.25) is 0 Å². The SMILES string of the molecule is Cn1c(N[C@@H]2[C@@H]3CN(S(C)(=O)=O)C[C@@H]32)nc(-c2ccncc2)cc1=O. The number of rotatable bonds is 4. The molecule has 2 fully saturated rings. The molecule has 0 unspecified atom stereocenters. The Kier molecular flexibility index (Phi) is 3.66. The van der Waals surface area contributed by atoms with Crippen molar-refractivity contribution in [3.63, 3.8) is 0 Å². The standard InChI is InChI=1S/C16H19N5O3S/c1-20-14(22)7-13(10-3-5-17-6-4-10)18-16(20)19-15-11-8-21(9-12(11)15)25(2,23)24/h3-7,11-12,15H,8-9H2,1-2H3,(H,18,19)/t11-,12+,15-. The zero-order chi connectivity index (χ0) is 17.8. The second-order valence-electron chi connectivity index (χ2n) is 6.68. The van der Waals surface area contributed by atoms with Crippen molar-refractivity contribution in [2.24, 2.45) is 18.9 Å². The number of aromatic nitrogens is 3. The van der Waals surface area contributed by atoms with Gasteiger partial charge in [0.25, 0.3) is 5.56 Å². The Balaban J connectivity index is 1.55. The summed E-state index contributed by atoms with van der Waals surface area (Å²) in [5.41, 5.74) is 1.28. The van der Waals surface area contributed by atoms with E-state index in [1.165, 1.54) is 21.2 Å². The van der Waals surface area contributed by atoms with Crippen LogP contribution in [0.4, 0.5) is 5.95 Å². The summed E-state index contributed by atoms with van der Waals surface area (Å²) in [6, 6.07) is 5.27. The van der Waals surface area contributed by atoms with Crippen molar-refractivity contribution in [3.8, 4) is 11.3 Å². The number of piperidine rings is 1. The first-order chi connectivity index (χ1) is 11.8. The topological polar surface area (TPSA) is 97.2 Å². The number of anilines is 1. The Hall–Kier alpha value is -2.26. The second-order valence-corrected chi connectivity index (χ2v) is 8.66. The summed E-state index contributed by atoms with van der Waals surface area (Å²) in [5.74, 6) is 1.05. The summed E-state index contributed by atoms with van der Waals surface area (Å²) in [5, 5.41) is 3.32. The summed E-state index contributed by atoms with van der Waals surface area (Å²) in [7, 11) is -1.45. The smallest absolute Gasteiger partial charge is 0.255 e. The van der Waals surface area contributed by atoms with E-state index in [4.69, 9.17) is 0 Å². The second kappa shape index (κ2) is 5.63. The summed E-state index contributed by atoms with van der Waals surface area (Å²) in [6.45, 7) is 1.05. The quantitative estimate of drug-likeness (QED) is 0.832. The molecule has 3 heterocycles. The molecule has 3 atom stereocenters.